The van der Waals surface area contributed by atoms with Gasteiger partial charge in [0.1, 0.15) is 0 Å². The molecule has 59 heavy (non-hydrogen) atoms. The lowest BCUT2D eigenvalue weighted by molar-refractivity contribution is 0.195. The Kier molecular flexibility index (Phi) is 7.34. The van der Waals surface area contributed by atoms with Crippen LogP contribution in [0.15, 0.2) is 133 Å². The summed E-state index contributed by atoms with van der Waals surface area (Å²) in [6.07, 6.45) is 9.77. The minimum Gasteiger partial charge on any atom is -0.335 e. The van der Waals surface area contributed by atoms with Crippen LogP contribution >= 0.6 is 0 Å². The van der Waals surface area contributed by atoms with E-state index in [9.17, 15) is 0 Å². The average Bonchev–Trinajstić information content (AvgIpc) is 3.62. The smallest absolute Gasteiger partial charge is 0.252 e. The standard InChI is InChI=1S/C54H56BN3Si/c1-51-29-17-18-30-52(51,2)58-48-34-39(57-45-27-15-13-25-41(45)54(37-21-9-7-10-22-37)32-20-19-31-53(54,57)3)33-47-49(48)55(44-36-40(59(4,5)6)35-42(51)50(44)58)43-26-14-16-28-46(43)56(47)38-23-11-8-12-24-38/h7-16,21-28,33-36H,17-20,29-32H2,1-6H3. The molecule has 2 aliphatic carbocycles. The molecule has 4 atom stereocenters. The molecule has 0 radical (unpaired) electrons. The minimum absolute atomic E-state index is 0.0439. The zero-order chi connectivity index (χ0) is 40.1. The van der Waals surface area contributed by atoms with Crippen LogP contribution in [0.25, 0.3) is 0 Å². The van der Waals surface area contributed by atoms with Crippen LogP contribution in [0, 0.1) is 0 Å². The Morgan fingerprint density at radius 1 is 0.508 bits per heavy atom. The number of hydrogen-bond acceptors (Lipinski definition) is 3. The second-order valence-corrected chi connectivity index (χ2v) is 25.6. The van der Waals surface area contributed by atoms with Crippen molar-refractivity contribution in [3.05, 3.63) is 150 Å². The molecule has 0 N–H and O–H groups in total. The largest absolute Gasteiger partial charge is 0.335 e. The normalized spacial score (nSPS) is 27.1. The van der Waals surface area contributed by atoms with Crippen LogP contribution in [0.4, 0.5) is 39.8 Å². The molecule has 5 heteroatoms. The van der Waals surface area contributed by atoms with Gasteiger partial charge in [0.15, 0.2) is 0 Å². The molecule has 294 valence electrons. The Morgan fingerprint density at radius 3 is 1.90 bits per heavy atom. The molecule has 3 nitrogen and oxygen atoms in total. The molecule has 0 saturated heterocycles. The van der Waals surface area contributed by atoms with Gasteiger partial charge in [-0.2, -0.15) is 0 Å². The first-order chi connectivity index (χ1) is 28.5. The summed E-state index contributed by atoms with van der Waals surface area (Å²) in [5, 5.41) is 1.60. The van der Waals surface area contributed by atoms with Crippen molar-refractivity contribution in [1.82, 2.24) is 0 Å². The van der Waals surface area contributed by atoms with E-state index in [1.807, 2.05) is 0 Å². The van der Waals surface area contributed by atoms with Crippen LogP contribution in [-0.2, 0) is 10.8 Å². The summed E-state index contributed by atoms with van der Waals surface area (Å²) in [6, 6.07) is 52.3. The SMILES string of the molecule is CC12CCCCC1(C)N1c3cc(N4c5ccccc5C5(c6ccccc6)CCCCC45C)cc4c3B(c3ccccc3N4c3ccccc3)c3cc([Si](C)(C)C)cc2c31. The third-order valence-corrected chi connectivity index (χ3v) is 18.8. The molecule has 6 aromatic carbocycles. The van der Waals surface area contributed by atoms with E-state index in [-0.39, 0.29) is 28.6 Å². The highest BCUT2D eigenvalue weighted by atomic mass is 28.3. The molecule has 12 rings (SSSR count). The molecule has 0 spiro atoms. The van der Waals surface area contributed by atoms with E-state index in [0.717, 1.165) is 12.8 Å². The maximum Gasteiger partial charge on any atom is 0.252 e. The minimum atomic E-state index is -1.68. The maximum atomic E-state index is 2.94. The Morgan fingerprint density at radius 2 is 1.14 bits per heavy atom. The number of fused-ring (bicyclic) bond motifs is 10. The summed E-state index contributed by atoms with van der Waals surface area (Å²) >= 11 is 0. The Labute approximate surface area is 353 Å². The van der Waals surface area contributed by atoms with Crippen molar-refractivity contribution >= 4 is 76.2 Å². The van der Waals surface area contributed by atoms with Gasteiger partial charge in [-0.3, -0.25) is 0 Å². The summed E-state index contributed by atoms with van der Waals surface area (Å²) in [5.41, 5.74) is 18.2. The summed E-state index contributed by atoms with van der Waals surface area (Å²) in [4.78, 5) is 8.40. The maximum absolute atomic E-state index is 2.94. The van der Waals surface area contributed by atoms with Crippen LogP contribution in [0.2, 0.25) is 19.6 Å². The quantitative estimate of drug-likeness (QED) is 0.165. The predicted molar refractivity (Wildman–Crippen MR) is 254 cm³/mol. The topological polar surface area (TPSA) is 9.72 Å². The van der Waals surface area contributed by atoms with Gasteiger partial charge in [0, 0.05) is 50.6 Å². The molecule has 0 bridgehead atoms. The van der Waals surface area contributed by atoms with E-state index in [2.05, 4.69) is 189 Å². The Bertz CT molecular complexity index is 2710. The Hall–Kier alpha value is -5.00. The molecule has 2 fully saturated rings. The lowest BCUT2D eigenvalue weighted by atomic mass is 9.33. The van der Waals surface area contributed by atoms with Crippen LogP contribution in [0.3, 0.4) is 0 Å². The van der Waals surface area contributed by atoms with Crippen molar-refractivity contribution in [3.63, 3.8) is 0 Å². The number of rotatable bonds is 4. The summed E-state index contributed by atoms with van der Waals surface area (Å²) in [5.74, 6) is 0. The van der Waals surface area contributed by atoms with Gasteiger partial charge in [0.05, 0.1) is 19.2 Å². The molecule has 6 aromatic rings. The lowest BCUT2D eigenvalue weighted by Gasteiger charge is -2.54. The molecule has 4 heterocycles. The molecule has 0 aromatic heterocycles. The fraction of sp³-hybridized carbons (Fsp3) is 0.333. The highest BCUT2D eigenvalue weighted by Crippen LogP contribution is 2.66. The first-order valence-corrected chi connectivity index (χ1v) is 26.1. The Balaban J connectivity index is 1.21. The van der Waals surface area contributed by atoms with Crippen LogP contribution < -0.4 is 36.3 Å². The number of anilines is 7. The second-order valence-electron chi connectivity index (χ2n) is 20.5. The van der Waals surface area contributed by atoms with E-state index >= 15 is 0 Å². The third kappa shape index (κ3) is 4.40. The molecular weight excluding hydrogens is 730 g/mol. The molecule has 4 aliphatic heterocycles. The van der Waals surface area contributed by atoms with E-state index in [1.165, 1.54) is 106 Å². The fourth-order valence-corrected chi connectivity index (χ4v) is 15.0. The van der Waals surface area contributed by atoms with E-state index < -0.39 is 8.07 Å². The highest BCUT2D eigenvalue weighted by Gasteiger charge is 2.64. The fourth-order valence-electron chi connectivity index (χ4n) is 13.8. The van der Waals surface area contributed by atoms with Gasteiger partial charge in [-0.1, -0.05) is 154 Å². The van der Waals surface area contributed by atoms with Crippen LogP contribution in [0.1, 0.15) is 88.8 Å². The summed E-state index contributed by atoms with van der Waals surface area (Å²) in [7, 11) is -1.68. The van der Waals surface area contributed by atoms with E-state index in [1.54, 1.807) is 10.8 Å². The van der Waals surface area contributed by atoms with Crippen molar-refractivity contribution < 1.29 is 0 Å². The molecule has 4 unspecified atom stereocenters. The lowest BCUT2D eigenvalue weighted by Crippen LogP contribution is -2.65. The van der Waals surface area contributed by atoms with E-state index in [0.29, 0.717) is 0 Å². The third-order valence-electron chi connectivity index (χ3n) is 16.8. The number of para-hydroxylation sites is 3. The van der Waals surface area contributed by atoms with Crippen molar-refractivity contribution in [2.75, 3.05) is 14.7 Å². The molecular formula is C54H56BN3Si. The van der Waals surface area contributed by atoms with Crippen molar-refractivity contribution in [2.24, 2.45) is 0 Å². The van der Waals surface area contributed by atoms with Gasteiger partial charge < -0.3 is 14.7 Å². The van der Waals surface area contributed by atoms with Gasteiger partial charge in [-0.05, 0) is 109 Å². The molecule has 0 amide bonds. The first kappa shape index (κ1) is 35.9. The van der Waals surface area contributed by atoms with Gasteiger partial charge in [-0.25, -0.2) is 0 Å². The second kappa shape index (κ2) is 12.1. The van der Waals surface area contributed by atoms with Gasteiger partial charge in [-0.15, -0.1) is 0 Å². The van der Waals surface area contributed by atoms with Gasteiger partial charge >= 0.3 is 0 Å². The predicted octanol–water partition coefficient (Wildman–Crippen LogP) is 11.4. The molecule has 2 saturated carbocycles. The highest BCUT2D eigenvalue weighted by molar-refractivity contribution is 7.01. The van der Waals surface area contributed by atoms with Crippen molar-refractivity contribution in [3.8, 4) is 0 Å². The summed E-state index contributed by atoms with van der Waals surface area (Å²) < 4.78 is 0. The van der Waals surface area contributed by atoms with Crippen molar-refractivity contribution in [1.29, 1.82) is 0 Å². The average molecular weight is 786 g/mol. The van der Waals surface area contributed by atoms with Crippen molar-refractivity contribution in [2.45, 2.75) is 114 Å². The number of nitrogens with zero attached hydrogens (tertiary/aromatic N) is 3. The number of hydrogen-bond donors (Lipinski definition) is 0. The monoisotopic (exact) mass is 785 g/mol. The molecule has 6 aliphatic rings. The van der Waals surface area contributed by atoms with E-state index in [4.69, 9.17) is 0 Å². The van der Waals surface area contributed by atoms with Gasteiger partial charge in [0.2, 0.25) is 0 Å². The zero-order valence-corrected chi connectivity index (χ0v) is 36.8. The number of benzene rings is 6. The summed E-state index contributed by atoms with van der Waals surface area (Å²) in [6.45, 7) is 15.7. The van der Waals surface area contributed by atoms with Crippen LogP contribution in [0.5, 0.6) is 0 Å². The first-order valence-electron chi connectivity index (χ1n) is 22.6. The zero-order valence-electron chi connectivity index (χ0n) is 35.8. The van der Waals surface area contributed by atoms with Gasteiger partial charge in [0.25, 0.3) is 6.71 Å². The van der Waals surface area contributed by atoms with Crippen LogP contribution in [-0.4, -0.2) is 25.9 Å².